The highest BCUT2D eigenvalue weighted by molar-refractivity contribution is 5.94. The summed E-state index contributed by atoms with van der Waals surface area (Å²) in [6, 6.07) is 6.80. The summed E-state index contributed by atoms with van der Waals surface area (Å²) in [4.78, 5) is 24.7. The SMILES string of the molecule is CCC(C)Oc1cccc(C(=O)N[C@H]2CO[C@H]3[C@@H]2OC[C@@H]3NC(=O)C2CC2)c1. The van der Waals surface area contributed by atoms with Crippen LogP contribution in [-0.2, 0) is 14.3 Å². The monoisotopic (exact) mass is 388 g/mol. The zero-order chi connectivity index (χ0) is 19.7. The van der Waals surface area contributed by atoms with E-state index in [-0.39, 0.29) is 48.1 Å². The van der Waals surface area contributed by atoms with Gasteiger partial charge < -0.3 is 24.8 Å². The standard InChI is InChI=1S/C21H28N2O5/c1-3-12(2)28-15-6-4-5-14(9-15)21(25)23-17-11-27-18-16(10-26-19(17)18)22-20(24)13-7-8-13/h4-6,9,12-13,16-19H,3,7-8,10-11H2,1-2H3,(H,22,24)(H,23,25)/t12?,16-,17-,18+,19+/m0/s1. The second-order valence-corrected chi connectivity index (χ2v) is 7.93. The van der Waals surface area contributed by atoms with Crippen molar-refractivity contribution in [2.75, 3.05) is 13.2 Å². The Morgan fingerprint density at radius 2 is 1.82 bits per heavy atom. The van der Waals surface area contributed by atoms with Crippen molar-refractivity contribution < 1.29 is 23.8 Å². The Balaban J connectivity index is 1.34. The summed E-state index contributed by atoms with van der Waals surface area (Å²) in [5, 5.41) is 6.04. The van der Waals surface area contributed by atoms with E-state index in [2.05, 4.69) is 17.6 Å². The van der Waals surface area contributed by atoms with Gasteiger partial charge in [0.2, 0.25) is 5.91 Å². The normalized spacial score (nSPS) is 29.8. The minimum absolute atomic E-state index is 0.0865. The van der Waals surface area contributed by atoms with Crippen molar-refractivity contribution in [3.05, 3.63) is 29.8 Å². The van der Waals surface area contributed by atoms with Crippen LogP contribution in [0.1, 0.15) is 43.5 Å². The van der Waals surface area contributed by atoms with Gasteiger partial charge in [-0.15, -0.1) is 0 Å². The summed E-state index contributed by atoms with van der Waals surface area (Å²) in [5.41, 5.74) is 0.542. The van der Waals surface area contributed by atoms with Gasteiger partial charge in [-0.3, -0.25) is 9.59 Å². The smallest absolute Gasteiger partial charge is 0.251 e. The topological polar surface area (TPSA) is 85.9 Å². The first-order valence-electron chi connectivity index (χ1n) is 10.2. The lowest BCUT2D eigenvalue weighted by Crippen LogP contribution is -2.47. The van der Waals surface area contributed by atoms with Crippen LogP contribution in [0.4, 0.5) is 0 Å². The number of fused-ring (bicyclic) bond motifs is 1. The number of benzene rings is 1. The van der Waals surface area contributed by atoms with Gasteiger partial charge in [-0.05, 0) is 44.4 Å². The Labute approximate surface area is 165 Å². The van der Waals surface area contributed by atoms with Crippen LogP contribution in [-0.4, -0.2) is 55.4 Å². The van der Waals surface area contributed by atoms with Gasteiger partial charge in [-0.1, -0.05) is 13.0 Å². The van der Waals surface area contributed by atoms with Crippen molar-refractivity contribution in [2.45, 2.75) is 63.5 Å². The molecule has 0 bridgehead atoms. The van der Waals surface area contributed by atoms with E-state index in [1.165, 1.54) is 0 Å². The van der Waals surface area contributed by atoms with Crippen molar-refractivity contribution in [3.8, 4) is 5.75 Å². The summed E-state index contributed by atoms with van der Waals surface area (Å²) in [6.07, 6.45) is 2.46. The molecule has 2 N–H and O–H groups in total. The molecule has 7 nitrogen and oxygen atoms in total. The van der Waals surface area contributed by atoms with E-state index >= 15 is 0 Å². The van der Waals surface area contributed by atoms with Crippen molar-refractivity contribution >= 4 is 11.8 Å². The molecule has 4 rings (SSSR count). The molecule has 1 aliphatic carbocycles. The third-order valence-corrected chi connectivity index (χ3v) is 5.65. The van der Waals surface area contributed by atoms with Crippen LogP contribution in [0.5, 0.6) is 5.75 Å². The molecule has 152 valence electrons. The second-order valence-electron chi connectivity index (χ2n) is 7.93. The predicted octanol–water partition coefficient (Wildman–Crippen LogP) is 1.65. The molecule has 3 fully saturated rings. The quantitative estimate of drug-likeness (QED) is 0.742. The lowest BCUT2D eigenvalue weighted by Gasteiger charge is -2.19. The summed E-state index contributed by atoms with van der Waals surface area (Å²) in [6.45, 7) is 4.84. The average Bonchev–Trinajstić information content (AvgIpc) is 3.37. The molecule has 1 aromatic rings. The third-order valence-electron chi connectivity index (χ3n) is 5.65. The van der Waals surface area contributed by atoms with Gasteiger partial charge in [0, 0.05) is 11.5 Å². The summed E-state index contributed by atoms with van der Waals surface area (Å²) >= 11 is 0. The minimum Gasteiger partial charge on any atom is -0.491 e. The number of nitrogens with one attached hydrogen (secondary N) is 2. The van der Waals surface area contributed by atoms with Crippen LogP contribution in [0.25, 0.3) is 0 Å². The van der Waals surface area contributed by atoms with Gasteiger partial charge in [0.15, 0.2) is 0 Å². The summed E-state index contributed by atoms with van der Waals surface area (Å²) < 4.78 is 17.5. The maximum atomic E-state index is 12.7. The van der Waals surface area contributed by atoms with Crippen molar-refractivity contribution in [1.29, 1.82) is 0 Å². The van der Waals surface area contributed by atoms with Crippen LogP contribution in [0.3, 0.4) is 0 Å². The molecule has 3 aliphatic rings. The molecular formula is C21H28N2O5. The number of rotatable bonds is 7. The molecule has 1 unspecified atom stereocenters. The van der Waals surface area contributed by atoms with Crippen LogP contribution in [0, 0.1) is 5.92 Å². The van der Waals surface area contributed by atoms with Crippen molar-refractivity contribution in [3.63, 3.8) is 0 Å². The molecule has 2 aliphatic heterocycles. The first-order valence-corrected chi connectivity index (χ1v) is 10.2. The fourth-order valence-electron chi connectivity index (χ4n) is 3.67. The zero-order valence-corrected chi connectivity index (χ0v) is 16.4. The fraction of sp³-hybridized carbons (Fsp3) is 0.619. The van der Waals surface area contributed by atoms with E-state index in [4.69, 9.17) is 14.2 Å². The van der Waals surface area contributed by atoms with E-state index in [0.29, 0.717) is 24.5 Å². The summed E-state index contributed by atoms with van der Waals surface area (Å²) in [7, 11) is 0. The van der Waals surface area contributed by atoms with Crippen LogP contribution >= 0.6 is 0 Å². The van der Waals surface area contributed by atoms with E-state index in [0.717, 1.165) is 19.3 Å². The highest BCUT2D eigenvalue weighted by Gasteiger charge is 2.49. The molecule has 1 saturated carbocycles. The number of carbonyl (C=O) groups is 2. The second kappa shape index (κ2) is 8.09. The number of hydrogen-bond acceptors (Lipinski definition) is 5. The molecule has 28 heavy (non-hydrogen) atoms. The highest BCUT2D eigenvalue weighted by atomic mass is 16.6. The van der Waals surface area contributed by atoms with Crippen LogP contribution < -0.4 is 15.4 Å². The zero-order valence-electron chi connectivity index (χ0n) is 16.4. The minimum atomic E-state index is -0.243. The largest absolute Gasteiger partial charge is 0.491 e. The third kappa shape index (κ3) is 4.15. The first kappa shape index (κ1) is 19.2. The lowest BCUT2D eigenvalue weighted by atomic mass is 10.1. The molecule has 0 spiro atoms. The van der Waals surface area contributed by atoms with Crippen molar-refractivity contribution in [2.24, 2.45) is 5.92 Å². The van der Waals surface area contributed by atoms with Gasteiger partial charge in [-0.25, -0.2) is 0 Å². The number of hydrogen-bond donors (Lipinski definition) is 2. The molecule has 2 heterocycles. The van der Waals surface area contributed by atoms with Gasteiger partial charge >= 0.3 is 0 Å². The fourth-order valence-corrected chi connectivity index (χ4v) is 3.67. The Kier molecular flexibility index (Phi) is 5.55. The van der Waals surface area contributed by atoms with Gasteiger partial charge in [0.05, 0.1) is 31.4 Å². The number of carbonyl (C=O) groups excluding carboxylic acids is 2. The Morgan fingerprint density at radius 3 is 2.46 bits per heavy atom. The van der Waals surface area contributed by atoms with Crippen LogP contribution in [0.15, 0.2) is 24.3 Å². The van der Waals surface area contributed by atoms with E-state index in [1.807, 2.05) is 19.1 Å². The Bertz CT molecular complexity index is 735. The molecule has 2 amide bonds. The first-order chi connectivity index (χ1) is 13.5. The number of ether oxygens (including phenoxy) is 3. The van der Waals surface area contributed by atoms with E-state index in [9.17, 15) is 9.59 Å². The highest BCUT2D eigenvalue weighted by Crippen LogP contribution is 2.31. The maximum Gasteiger partial charge on any atom is 0.251 e. The van der Waals surface area contributed by atoms with Gasteiger partial charge in [-0.2, -0.15) is 0 Å². The Morgan fingerprint density at radius 1 is 1.14 bits per heavy atom. The maximum absolute atomic E-state index is 12.7. The van der Waals surface area contributed by atoms with E-state index < -0.39 is 0 Å². The van der Waals surface area contributed by atoms with E-state index in [1.54, 1.807) is 12.1 Å². The molecular weight excluding hydrogens is 360 g/mol. The lowest BCUT2D eigenvalue weighted by molar-refractivity contribution is -0.123. The van der Waals surface area contributed by atoms with Crippen LogP contribution in [0.2, 0.25) is 0 Å². The Hall–Kier alpha value is -2.12. The molecule has 0 radical (unpaired) electrons. The summed E-state index contributed by atoms with van der Waals surface area (Å²) in [5.74, 6) is 0.741. The number of amides is 2. The molecule has 5 atom stereocenters. The van der Waals surface area contributed by atoms with Gasteiger partial charge in [0.25, 0.3) is 5.91 Å². The average molecular weight is 388 g/mol. The molecule has 0 aromatic heterocycles. The molecule has 2 saturated heterocycles. The molecule has 1 aromatic carbocycles. The molecule has 7 heteroatoms. The van der Waals surface area contributed by atoms with Gasteiger partial charge in [0.1, 0.15) is 18.0 Å². The van der Waals surface area contributed by atoms with Crippen molar-refractivity contribution in [1.82, 2.24) is 10.6 Å². The predicted molar refractivity (Wildman–Crippen MR) is 102 cm³/mol.